The highest BCUT2D eigenvalue weighted by Gasteiger charge is 2.17. The summed E-state index contributed by atoms with van der Waals surface area (Å²) >= 11 is 0. The van der Waals surface area contributed by atoms with Crippen LogP contribution in [0, 0.1) is 5.92 Å². The number of rotatable bonds is 3. The molecule has 0 atom stereocenters. The lowest BCUT2D eigenvalue weighted by Gasteiger charge is -2.20. The maximum atomic E-state index is 5.76. The molecule has 0 bridgehead atoms. The first-order valence-corrected chi connectivity index (χ1v) is 4.80. The zero-order valence-electron chi connectivity index (χ0n) is 7.75. The quantitative estimate of drug-likeness (QED) is 0.399. The lowest BCUT2D eigenvalue weighted by Crippen LogP contribution is -2.25. The van der Waals surface area contributed by atoms with E-state index in [1.807, 2.05) is 6.92 Å². The van der Waals surface area contributed by atoms with Gasteiger partial charge in [0.05, 0.1) is 0 Å². The Hall–Kier alpha value is -0.730. The van der Waals surface area contributed by atoms with Crippen molar-refractivity contribution >= 4 is 5.84 Å². The molecule has 0 spiro atoms. The second-order valence-corrected chi connectivity index (χ2v) is 3.27. The van der Waals surface area contributed by atoms with Gasteiger partial charge in [-0.05, 0) is 19.8 Å². The van der Waals surface area contributed by atoms with E-state index in [9.17, 15) is 0 Å². The van der Waals surface area contributed by atoms with E-state index in [0.717, 1.165) is 0 Å². The fourth-order valence-electron chi connectivity index (χ4n) is 1.61. The molecule has 1 fully saturated rings. The Morgan fingerprint density at radius 3 is 2.67 bits per heavy atom. The van der Waals surface area contributed by atoms with Crippen LogP contribution < -0.4 is 5.73 Å². The Labute approximate surface area is 74.0 Å². The van der Waals surface area contributed by atoms with Crippen LogP contribution in [0.3, 0.4) is 0 Å². The van der Waals surface area contributed by atoms with Gasteiger partial charge in [-0.3, -0.25) is 0 Å². The van der Waals surface area contributed by atoms with Crippen LogP contribution in [0.25, 0.3) is 0 Å². The van der Waals surface area contributed by atoms with Gasteiger partial charge in [-0.25, -0.2) is 0 Å². The molecule has 0 aromatic rings. The first-order chi connectivity index (χ1) is 5.84. The molecule has 3 nitrogen and oxygen atoms in total. The van der Waals surface area contributed by atoms with Gasteiger partial charge in [0.1, 0.15) is 12.4 Å². The Kier molecular flexibility index (Phi) is 3.91. The van der Waals surface area contributed by atoms with E-state index in [2.05, 4.69) is 5.16 Å². The van der Waals surface area contributed by atoms with Gasteiger partial charge in [0, 0.05) is 5.92 Å². The molecule has 0 amide bonds. The molecule has 0 aliphatic heterocycles. The first-order valence-electron chi connectivity index (χ1n) is 4.80. The van der Waals surface area contributed by atoms with E-state index in [1.165, 1.54) is 32.1 Å². The second-order valence-electron chi connectivity index (χ2n) is 3.27. The van der Waals surface area contributed by atoms with E-state index in [0.29, 0.717) is 18.4 Å². The van der Waals surface area contributed by atoms with Gasteiger partial charge in [0.2, 0.25) is 0 Å². The third kappa shape index (κ3) is 2.72. The monoisotopic (exact) mass is 170 g/mol. The van der Waals surface area contributed by atoms with Gasteiger partial charge >= 0.3 is 0 Å². The summed E-state index contributed by atoms with van der Waals surface area (Å²) in [5.41, 5.74) is 5.76. The molecule has 1 aliphatic carbocycles. The largest absolute Gasteiger partial charge is 0.395 e. The van der Waals surface area contributed by atoms with Crippen LogP contribution >= 0.6 is 0 Å². The summed E-state index contributed by atoms with van der Waals surface area (Å²) in [6.45, 7) is 2.52. The minimum absolute atomic E-state index is 0.477. The maximum absolute atomic E-state index is 5.76. The van der Waals surface area contributed by atoms with E-state index < -0.39 is 0 Å². The highest BCUT2D eigenvalue weighted by atomic mass is 16.6. The molecule has 12 heavy (non-hydrogen) atoms. The van der Waals surface area contributed by atoms with Crippen molar-refractivity contribution in [1.82, 2.24) is 0 Å². The summed E-state index contributed by atoms with van der Waals surface area (Å²) in [5, 5.41) is 3.86. The Morgan fingerprint density at radius 2 is 2.08 bits per heavy atom. The van der Waals surface area contributed by atoms with Crippen LogP contribution in [-0.2, 0) is 4.84 Å². The molecule has 0 saturated heterocycles. The number of oxime groups is 1. The van der Waals surface area contributed by atoms with Crippen molar-refractivity contribution in [2.75, 3.05) is 6.61 Å². The summed E-state index contributed by atoms with van der Waals surface area (Å²) in [5.74, 6) is 1.17. The van der Waals surface area contributed by atoms with Gasteiger partial charge in [-0.2, -0.15) is 0 Å². The normalized spacial score (nSPS) is 20.9. The molecule has 70 valence electrons. The van der Waals surface area contributed by atoms with E-state index in [-0.39, 0.29) is 0 Å². The van der Waals surface area contributed by atoms with E-state index in [4.69, 9.17) is 10.6 Å². The Balaban J connectivity index is 2.33. The number of nitrogens with two attached hydrogens (primary N) is 1. The fraction of sp³-hybridized carbons (Fsp3) is 0.889. The van der Waals surface area contributed by atoms with Crippen LogP contribution in [-0.4, -0.2) is 12.4 Å². The average Bonchev–Trinajstić information content (AvgIpc) is 2.15. The standard InChI is InChI=1S/C9H18N2O/c1-2-12-11-9(10)8-6-4-3-5-7-8/h8H,2-7H2,1H3,(H2,10,11). The minimum atomic E-state index is 0.477. The molecule has 2 N–H and O–H groups in total. The molecule has 1 aliphatic rings. The molecule has 1 saturated carbocycles. The zero-order chi connectivity index (χ0) is 8.81. The highest BCUT2D eigenvalue weighted by molar-refractivity contribution is 5.82. The number of nitrogens with zero attached hydrogens (tertiary/aromatic N) is 1. The van der Waals surface area contributed by atoms with Gasteiger partial charge in [-0.15, -0.1) is 0 Å². The van der Waals surface area contributed by atoms with Crippen molar-refractivity contribution in [3.05, 3.63) is 0 Å². The molecule has 1 rings (SSSR count). The Morgan fingerprint density at radius 1 is 1.42 bits per heavy atom. The van der Waals surface area contributed by atoms with Gasteiger partial charge in [0.15, 0.2) is 0 Å². The topological polar surface area (TPSA) is 47.6 Å². The summed E-state index contributed by atoms with van der Waals surface area (Å²) in [6.07, 6.45) is 6.28. The number of hydrogen-bond acceptors (Lipinski definition) is 2. The molecule has 3 heteroatoms. The minimum Gasteiger partial charge on any atom is -0.395 e. The van der Waals surface area contributed by atoms with Crippen molar-refractivity contribution < 1.29 is 4.84 Å². The SMILES string of the molecule is CCO/N=C(\N)C1CCCCC1. The Bertz CT molecular complexity index is 151. The smallest absolute Gasteiger partial charge is 0.142 e. The van der Waals surface area contributed by atoms with Crippen LogP contribution in [0.4, 0.5) is 0 Å². The van der Waals surface area contributed by atoms with E-state index in [1.54, 1.807) is 0 Å². The van der Waals surface area contributed by atoms with Crippen molar-refractivity contribution in [3.63, 3.8) is 0 Å². The van der Waals surface area contributed by atoms with Crippen molar-refractivity contribution in [3.8, 4) is 0 Å². The lowest BCUT2D eigenvalue weighted by molar-refractivity contribution is 0.155. The molecular weight excluding hydrogens is 152 g/mol. The van der Waals surface area contributed by atoms with Crippen molar-refractivity contribution in [1.29, 1.82) is 0 Å². The lowest BCUT2D eigenvalue weighted by atomic mass is 9.89. The summed E-state index contributed by atoms with van der Waals surface area (Å²) < 4.78 is 0. The summed E-state index contributed by atoms with van der Waals surface area (Å²) in [7, 11) is 0. The third-order valence-corrected chi connectivity index (χ3v) is 2.32. The predicted octanol–water partition coefficient (Wildman–Crippen LogP) is 1.88. The van der Waals surface area contributed by atoms with Crippen molar-refractivity contribution in [2.24, 2.45) is 16.8 Å². The molecule has 0 heterocycles. The molecular formula is C9H18N2O. The molecule has 0 aromatic heterocycles. The molecule has 0 aromatic carbocycles. The van der Waals surface area contributed by atoms with Crippen molar-refractivity contribution in [2.45, 2.75) is 39.0 Å². The van der Waals surface area contributed by atoms with Gasteiger partial charge in [0.25, 0.3) is 0 Å². The zero-order valence-corrected chi connectivity index (χ0v) is 7.75. The third-order valence-electron chi connectivity index (χ3n) is 2.32. The predicted molar refractivity (Wildman–Crippen MR) is 49.8 cm³/mol. The average molecular weight is 170 g/mol. The van der Waals surface area contributed by atoms with Crippen LogP contribution in [0.5, 0.6) is 0 Å². The number of amidine groups is 1. The summed E-state index contributed by atoms with van der Waals surface area (Å²) in [6, 6.07) is 0. The van der Waals surface area contributed by atoms with Gasteiger partial charge < -0.3 is 10.6 Å². The van der Waals surface area contributed by atoms with Gasteiger partial charge in [-0.1, -0.05) is 24.4 Å². The van der Waals surface area contributed by atoms with Crippen LogP contribution in [0.2, 0.25) is 0 Å². The summed E-state index contributed by atoms with van der Waals surface area (Å²) in [4.78, 5) is 4.91. The van der Waals surface area contributed by atoms with Crippen LogP contribution in [0.15, 0.2) is 5.16 Å². The first kappa shape index (κ1) is 9.36. The highest BCUT2D eigenvalue weighted by Crippen LogP contribution is 2.23. The fourth-order valence-corrected chi connectivity index (χ4v) is 1.61. The maximum Gasteiger partial charge on any atom is 0.142 e. The number of hydrogen-bond donors (Lipinski definition) is 1. The molecule has 0 radical (unpaired) electrons. The van der Waals surface area contributed by atoms with Crippen LogP contribution in [0.1, 0.15) is 39.0 Å². The second kappa shape index (κ2) is 5.01. The molecule has 0 unspecified atom stereocenters. The van der Waals surface area contributed by atoms with E-state index >= 15 is 0 Å².